The maximum atomic E-state index is 11.5. The molecule has 2 rings (SSSR count). The van der Waals surface area contributed by atoms with Crippen molar-refractivity contribution in [2.24, 2.45) is 11.8 Å². The van der Waals surface area contributed by atoms with Crippen molar-refractivity contribution in [3.8, 4) is 5.75 Å². The second kappa shape index (κ2) is 3.93. The summed E-state index contributed by atoms with van der Waals surface area (Å²) in [5, 5.41) is 12.0. The number of rotatable bonds is 3. The Kier molecular flexibility index (Phi) is 2.62. The molecule has 80 valence electrons. The van der Waals surface area contributed by atoms with Gasteiger partial charge in [-0.25, -0.2) is 0 Å². The molecule has 1 amide bonds. The fraction of sp³-hybridized carbons (Fsp3) is 0.417. The van der Waals surface area contributed by atoms with Crippen LogP contribution in [0.15, 0.2) is 24.3 Å². The van der Waals surface area contributed by atoms with Crippen molar-refractivity contribution in [3.63, 3.8) is 0 Å². The predicted octanol–water partition coefficient (Wildman–Crippen LogP) is 1.66. The summed E-state index contributed by atoms with van der Waals surface area (Å²) >= 11 is 0. The number of benzene rings is 1. The molecule has 1 saturated carbocycles. The van der Waals surface area contributed by atoms with Crippen molar-refractivity contribution in [2.75, 3.05) is 0 Å². The van der Waals surface area contributed by atoms with Crippen molar-refractivity contribution in [2.45, 2.75) is 19.9 Å². The smallest absolute Gasteiger partial charge is 0.223 e. The van der Waals surface area contributed by atoms with Gasteiger partial charge in [-0.05, 0) is 30.0 Å². The van der Waals surface area contributed by atoms with Gasteiger partial charge in [-0.2, -0.15) is 0 Å². The molecule has 15 heavy (non-hydrogen) atoms. The zero-order valence-corrected chi connectivity index (χ0v) is 8.73. The molecule has 1 aromatic carbocycles. The standard InChI is InChI=1S/C12H15NO2/c1-8-6-11(8)12(15)13-7-9-2-4-10(14)5-3-9/h2-5,8,11,14H,6-7H2,1H3,(H,13,15). The average Bonchev–Trinajstić information content (AvgIpc) is 2.94. The van der Waals surface area contributed by atoms with Gasteiger partial charge in [-0.3, -0.25) is 4.79 Å². The molecule has 2 atom stereocenters. The molecule has 0 bridgehead atoms. The summed E-state index contributed by atoms with van der Waals surface area (Å²) < 4.78 is 0. The van der Waals surface area contributed by atoms with Gasteiger partial charge in [0.2, 0.25) is 5.91 Å². The zero-order valence-electron chi connectivity index (χ0n) is 8.73. The topological polar surface area (TPSA) is 49.3 Å². The van der Waals surface area contributed by atoms with E-state index < -0.39 is 0 Å². The first-order valence-electron chi connectivity index (χ1n) is 5.22. The third-order valence-electron chi connectivity index (χ3n) is 2.85. The lowest BCUT2D eigenvalue weighted by Gasteiger charge is -2.04. The van der Waals surface area contributed by atoms with E-state index in [1.54, 1.807) is 12.1 Å². The van der Waals surface area contributed by atoms with Crippen molar-refractivity contribution in [1.29, 1.82) is 0 Å². The summed E-state index contributed by atoms with van der Waals surface area (Å²) in [6, 6.07) is 6.88. The van der Waals surface area contributed by atoms with Crippen LogP contribution in [0.2, 0.25) is 0 Å². The van der Waals surface area contributed by atoms with E-state index in [2.05, 4.69) is 12.2 Å². The number of hydrogen-bond acceptors (Lipinski definition) is 2. The first kappa shape index (κ1) is 10.0. The number of carbonyl (C=O) groups excluding carboxylic acids is 1. The quantitative estimate of drug-likeness (QED) is 0.788. The number of amides is 1. The lowest BCUT2D eigenvalue weighted by Crippen LogP contribution is -2.24. The Labute approximate surface area is 89.1 Å². The number of phenols is 1. The Bertz CT molecular complexity index is 358. The van der Waals surface area contributed by atoms with Crippen LogP contribution in [-0.2, 0) is 11.3 Å². The molecule has 0 radical (unpaired) electrons. The van der Waals surface area contributed by atoms with Crippen molar-refractivity contribution in [1.82, 2.24) is 5.32 Å². The zero-order chi connectivity index (χ0) is 10.8. The van der Waals surface area contributed by atoms with Crippen LogP contribution in [0, 0.1) is 11.8 Å². The summed E-state index contributed by atoms with van der Waals surface area (Å²) in [7, 11) is 0. The highest BCUT2D eigenvalue weighted by molar-refractivity contribution is 5.81. The first-order chi connectivity index (χ1) is 7.16. The van der Waals surface area contributed by atoms with Crippen LogP contribution in [0.5, 0.6) is 5.75 Å². The Morgan fingerprint density at radius 2 is 2.07 bits per heavy atom. The predicted molar refractivity (Wildman–Crippen MR) is 57.2 cm³/mol. The Balaban J connectivity index is 1.82. The van der Waals surface area contributed by atoms with Crippen LogP contribution in [-0.4, -0.2) is 11.0 Å². The molecule has 0 saturated heterocycles. The molecule has 2 unspecified atom stereocenters. The summed E-state index contributed by atoms with van der Waals surface area (Å²) in [6.07, 6.45) is 1.02. The molecule has 0 heterocycles. The summed E-state index contributed by atoms with van der Waals surface area (Å²) in [4.78, 5) is 11.5. The summed E-state index contributed by atoms with van der Waals surface area (Å²) in [6.45, 7) is 2.63. The molecular formula is C12H15NO2. The van der Waals surface area contributed by atoms with Gasteiger partial charge in [0.1, 0.15) is 5.75 Å². The molecule has 2 N–H and O–H groups in total. The van der Waals surface area contributed by atoms with Gasteiger partial charge in [0.25, 0.3) is 0 Å². The normalized spacial score (nSPS) is 23.5. The van der Waals surface area contributed by atoms with Crippen molar-refractivity contribution < 1.29 is 9.90 Å². The molecular weight excluding hydrogens is 190 g/mol. The van der Waals surface area contributed by atoms with Crippen LogP contribution in [0.3, 0.4) is 0 Å². The van der Waals surface area contributed by atoms with E-state index in [9.17, 15) is 4.79 Å². The molecule has 1 aliphatic carbocycles. The molecule has 0 spiro atoms. The molecule has 1 fully saturated rings. The summed E-state index contributed by atoms with van der Waals surface area (Å²) in [5.41, 5.74) is 1.01. The number of hydrogen-bond donors (Lipinski definition) is 2. The van der Waals surface area contributed by atoms with Gasteiger partial charge in [-0.1, -0.05) is 19.1 Å². The van der Waals surface area contributed by atoms with Crippen LogP contribution in [0.25, 0.3) is 0 Å². The van der Waals surface area contributed by atoms with Gasteiger partial charge in [-0.15, -0.1) is 0 Å². The van der Waals surface area contributed by atoms with Crippen LogP contribution in [0.1, 0.15) is 18.9 Å². The van der Waals surface area contributed by atoms with Gasteiger partial charge in [0.15, 0.2) is 0 Å². The second-order valence-electron chi connectivity index (χ2n) is 4.20. The molecule has 0 aliphatic heterocycles. The fourth-order valence-corrected chi connectivity index (χ4v) is 1.62. The molecule has 3 nitrogen and oxygen atoms in total. The van der Waals surface area contributed by atoms with E-state index in [-0.39, 0.29) is 17.6 Å². The van der Waals surface area contributed by atoms with Crippen molar-refractivity contribution in [3.05, 3.63) is 29.8 Å². The lowest BCUT2D eigenvalue weighted by molar-refractivity contribution is -0.122. The van der Waals surface area contributed by atoms with E-state index in [1.807, 2.05) is 12.1 Å². The van der Waals surface area contributed by atoms with E-state index in [0.717, 1.165) is 12.0 Å². The maximum Gasteiger partial charge on any atom is 0.223 e. The number of aromatic hydroxyl groups is 1. The monoisotopic (exact) mass is 205 g/mol. The molecule has 1 aromatic rings. The highest BCUT2D eigenvalue weighted by atomic mass is 16.3. The Morgan fingerprint density at radius 1 is 1.47 bits per heavy atom. The maximum absolute atomic E-state index is 11.5. The first-order valence-corrected chi connectivity index (χ1v) is 5.22. The third kappa shape index (κ3) is 2.49. The van der Waals surface area contributed by atoms with Gasteiger partial charge < -0.3 is 10.4 Å². The number of carbonyl (C=O) groups is 1. The fourth-order valence-electron chi connectivity index (χ4n) is 1.62. The van der Waals surface area contributed by atoms with Crippen LogP contribution < -0.4 is 5.32 Å². The highest BCUT2D eigenvalue weighted by Gasteiger charge is 2.38. The van der Waals surface area contributed by atoms with Gasteiger partial charge >= 0.3 is 0 Å². The van der Waals surface area contributed by atoms with Crippen LogP contribution >= 0.6 is 0 Å². The summed E-state index contributed by atoms with van der Waals surface area (Å²) in [5.74, 6) is 1.17. The lowest BCUT2D eigenvalue weighted by atomic mass is 10.2. The average molecular weight is 205 g/mol. The van der Waals surface area contributed by atoms with E-state index in [1.165, 1.54) is 0 Å². The molecule has 3 heteroatoms. The second-order valence-corrected chi connectivity index (χ2v) is 4.20. The highest BCUT2D eigenvalue weighted by Crippen LogP contribution is 2.37. The van der Waals surface area contributed by atoms with Gasteiger partial charge in [0.05, 0.1) is 0 Å². The van der Waals surface area contributed by atoms with E-state index in [0.29, 0.717) is 12.5 Å². The Hall–Kier alpha value is -1.51. The van der Waals surface area contributed by atoms with E-state index in [4.69, 9.17) is 5.11 Å². The van der Waals surface area contributed by atoms with E-state index >= 15 is 0 Å². The SMILES string of the molecule is CC1CC1C(=O)NCc1ccc(O)cc1. The van der Waals surface area contributed by atoms with Crippen LogP contribution in [0.4, 0.5) is 0 Å². The van der Waals surface area contributed by atoms with Gasteiger partial charge in [0, 0.05) is 12.5 Å². The minimum Gasteiger partial charge on any atom is -0.508 e. The third-order valence-corrected chi connectivity index (χ3v) is 2.85. The molecule has 1 aliphatic rings. The Morgan fingerprint density at radius 3 is 2.60 bits per heavy atom. The minimum absolute atomic E-state index is 0.149. The molecule has 0 aromatic heterocycles. The van der Waals surface area contributed by atoms with Crippen molar-refractivity contribution >= 4 is 5.91 Å². The number of phenolic OH excluding ortho intramolecular Hbond substituents is 1. The minimum atomic E-state index is 0.149. The number of nitrogens with one attached hydrogen (secondary N) is 1. The largest absolute Gasteiger partial charge is 0.508 e.